The molecule has 4 rings (SSSR count). The van der Waals surface area contributed by atoms with Gasteiger partial charge in [-0.2, -0.15) is 0 Å². The molecule has 6 nitrogen and oxygen atoms in total. The molecule has 1 aliphatic heterocycles. The van der Waals surface area contributed by atoms with Crippen LogP contribution in [-0.2, 0) is 9.59 Å². The maximum absolute atomic E-state index is 13.0. The molecule has 3 aliphatic rings. The molecular formula is C25H26O6. The lowest BCUT2D eigenvalue weighted by Gasteiger charge is -2.37. The summed E-state index contributed by atoms with van der Waals surface area (Å²) in [4.78, 5) is 37.2. The van der Waals surface area contributed by atoms with Gasteiger partial charge in [0.2, 0.25) is 0 Å². The predicted molar refractivity (Wildman–Crippen MR) is 116 cm³/mol. The van der Waals surface area contributed by atoms with E-state index in [0.29, 0.717) is 41.6 Å². The molecule has 2 aliphatic carbocycles. The first-order chi connectivity index (χ1) is 14.6. The van der Waals surface area contributed by atoms with E-state index in [1.54, 1.807) is 12.1 Å². The quantitative estimate of drug-likeness (QED) is 0.587. The van der Waals surface area contributed by atoms with E-state index < -0.39 is 23.2 Å². The molecule has 0 radical (unpaired) electrons. The molecule has 0 bridgehead atoms. The number of Topliss-reactive ketones (excluding diaryl/α,β-unsaturated/α-hetero) is 1. The van der Waals surface area contributed by atoms with Gasteiger partial charge in [-0.1, -0.05) is 20.8 Å². The number of ketones is 1. The molecule has 1 aromatic rings. The number of carboxylic acid groups (broad SMARTS) is 1. The molecule has 0 amide bonds. The highest BCUT2D eigenvalue weighted by atomic mass is 16.4. The van der Waals surface area contributed by atoms with Gasteiger partial charge in [-0.15, -0.1) is 0 Å². The molecule has 1 aromatic carbocycles. The van der Waals surface area contributed by atoms with Crippen molar-refractivity contribution < 1.29 is 24.2 Å². The van der Waals surface area contributed by atoms with Gasteiger partial charge in [-0.3, -0.25) is 14.4 Å². The third-order valence-electron chi connectivity index (χ3n) is 6.37. The summed E-state index contributed by atoms with van der Waals surface area (Å²) in [6.07, 6.45) is 1.36. The molecule has 0 spiro atoms. The van der Waals surface area contributed by atoms with Crippen LogP contribution in [0.1, 0.15) is 51.5 Å². The van der Waals surface area contributed by atoms with E-state index >= 15 is 0 Å². The summed E-state index contributed by atoms with van der Waals surface area (Å²) in [6.45, 7) is 5.66. The number of aliphatic carboxylic acids is 1. The smallest absolute Gasteiger partial charge is 0.307 e. The number of phenols is 1. The second-order valence-corrected chi connectivity index (χ2v) is 9.53. The molecule has 1 fully saturated rings. The van der Waals surface area contributed by atoms with Gasteiger partial charge in [-0.25, -0.2) is 0 Å². The van der Waals surface area contributed by atoms with E-state index in [1.165, 1.54) is 24.3 Å². The van der Waals surface area contributed by atoms with E-state index in [-0.39, 0.29) is 22.9 Å². The summed E-state index contributed by atoms with van der Waals surface area (Å²) in [5.74, 6) is -1.72. The van der Waals surface area contributed by atoms with E-state index in [0.717, 1.165) is 5.56 Å². The number of benzene rings is 2. The monoisotopic (exact) mass is 422 g/mol. The Morgan fingerprint density at radius 3 is 2.48 bits per heavy atom. The van der Waals surface area contributed by atoms with Crippen molar-refractivity contribution >= 4 is 22.7 Å². The maximum Gasteiger partial charge on any atom is 0.307 e. The topological polar surface area (TPSA) is 105 Å². The van der Waals surface area contributed by atoms with Crippen molar-refractivity contribution in [2.75, 3.05) is 0 Å². The van der Waals surface area contributed by atoms with Crippen LogP contribution in [0.3, 0.4) is 0 Å². The minimum atomic E-state index is -0.895. The van der Waals surface area contributed by atoms with Crippen LogP contribution >= 0.6 is 0 Å². The van der Waals surface area contributed by atoms with Crippen molar-refractivity contribution in [2.45, 2.75) is 46.0 Å². The van der Waals surface area contributed by atoms with Crippen LogP contribution in [0.25, 0.3) is 22.3 Å². The van der Waals surface area contributed by atoms with Gasteiger partial charge in [0.15, 0.2) is 5.43 Å². The number of rotatable bonds is 3. The Labute approximate surface area is 179 Å². The number of hydrogen-bond acceptors (Lipinski definition) is 5. The number of carboxylic acids is 1. The molecule has 0 saturated heterocycles. The normalized spacial score (nSPS) is 22.0. The number of carbonyl (C=O) groups excluding carboxylic acids is 1. The minimum absolute atomic E-state index is 0.0130. The second-order valence-electron chi connectivity index (χ2n) is 9.53. The molecule has 31 heavy (non-hydrogen) atoms. The lowest BCUT2D eigenvalue weighted by molar-refractivity contribution is -0.145. The Morgan fingerprint density at radius 1 is 1.06 bits per heavy atom. The molecule has 1 heterocycles. The molecule has 0 aromatic heterocycles. The largest absolute Gasteiger partial charge is 0.508 e. The highest BCUT2D eigenvalue weighted by Crippen LogP contribution is 2.48. The number of fused-ring (bicyclic) bond motifs is 2. The summed E-state index contributed by atoms with van der Waals surface area (Å²) in [5, 5.41) is 20.6. The number of hydrogen-bond donors (Lipinski definition) is 2. The Bertz CT molecular complexity index is 1200. The third-order valence-corrected chi connectivity index (χ3v) is 6.37. The van der Waals surface area contributed by atoms with Crippen LogP contribution in [0, 0.1) is 17.3 Å². The first kappa shape index (κ1) is 21.1. The summed E-state index contributed by atoms with van der Waals surface area (Å²) in [6, 6.07) is 9.18. The van der Waals surface area contributed by atoms with E-state index in [9.17, 15) is 24.6 Å². The Balaban J connectivity index is 1.95. The fraction of sp³-hybridized carbons (Fsp3) is 0.400. The van der Waals surface area contributed by atoms with Gasteiger partial charge in [0.1, 0.15) is 22.9 Å². The minimum Gasteiger partial charge on any atom is -0.508 e. The van der Waals surface area contributed by atoms with Gasteiger partial charge in [-0.05, 0) is 55.0 Å². The lowest BCUT2D eigenvalue weighted by Crippen LogP contribution is -2.36. The van der Waals surface area contributed by atoms with E-state index in [2.05, 4.69) is 0 Å². The van der Waals surface area contributed by atoms with Crippen LogP contribution in [0.4, 0.5) is 0 Å². The second kappa shape index (κ2) is 7.52. The Morgan fingerprint density at radius 2 is 1.81 bits per heavy atom. The van der Waals surface area contributed by atoms with Crippen LogP contribution < -0.4 is 5.43 Å². The summed E-state index contributed by atoms with van der Waals surface area (Å²) in [7, 11) is 0. The molecule has 6 heteroatoms. The molecule has 1 saturated carbocycles. The van der Waals surface area contributed by atoms with Crippen molar-refractivity contribution in [3.8, 4) is 17.1 Å². The maximum atomic E-state index is 13.0. The first-order valence-electron chi connectivity index (χ1n) is 10.5. The summed E-state index contributed by atoms with van der Waals surface area (Å²) >= 11 is 0. The third kappa shape index (κ3) is 3.82. The Hall–Kier alpha value is -3.15. The predicted octanol–water partition coefficient (Wildman–Crippen LogP) is 4.80. The SMILES string of the molecule is CC(C)(C)C(=O)C1CCC(C(=O)O)C(c2c3ccc(=O)cc-3oc3cc(O)ccc23)C1. The molecule has 3 atom stereocenters. The summed E-state index contributed by atoms with van der Waals surface area (Å²) in [5.41, 5.74) is 1.07. The number of aromatic hydroxyl groups is 1. The van der Waals surface area contributed by atoms with Crippen LogP contribution in [0.15, 0.2) is 45.6 Å². The average Bonchev–Trinajstić information content (AvgIpc) is 2.70. The fourth-order valence-corrected chi connectivity index (χ4v) is 4.93. The van der Waals surface area contributed by atoms with E-state index in [4.69, 9.17) is 4.42 Å². The van der Waals surface area contributed by atoms with Crippen LogP contribution in [-0.4, -0.2) is 22.0 Å². The highest BCUT2D eigenvalue weighted by molar-refractivity contribution is 5.91. The molecule has 162 valence electrons. The molecular weight excluding hydrogens is 396 g/mol. The van der Waals surface area contributed by atoms with Gasteiger partial charge in [0.25, 0.3) is 0 Å². The standard InChI is InChI=1S/C25H26O6/c1-25(2,3)23(28)13-4-7-16(24(29)30)19(10-13)22-17-8-5-14(26)11-20(17)31-21-12-15(27)6-9-18(21)22/h5-6,8-9,11-13,16,19,26H,4,7,10H2,1-3H3,(H,29,30). The highest BCUT2D eigenvalue weighted by Gasteiger charge is 2.42. The van der Waals surface area contributed by atoms with Crippen molar-refractivity contribution in [3.63, 3.8) is 0 Å². The molecule has 2 N–H and O–H groups in total. The van der Waals surface area contributed by atoms with Gasteiger partial charge >= 0.3 is 5.97 Å². The van der Waals surface area contributed by atoms with Crippen molar-refractivity contribution in [1.29, 1.82) is 0 Å². The van der Waals surface area contributed by atoms with Gasteiger partial charge in [0.05, 0.1) is 5.92 Å². The summed E-state index contributed by atoms with van der Waals surface area (Å²) < 4.78 is 5.89. The fourth-order valence-electron chi connectivity index (χ4n) is 4.93. The van der Waals surface area contributed by atoms with Crippen molar-refractivity contribution in [2.24, 2.45) is 17.3 Å². The van der Waals surface area contributed by atoms with Crippen LogP contribution in [0.2, 0.25) is 0 Å². The average molecular weight is 422 g/mol. The van der Waals surface area contributed by atoms with E-state index in [1.807, 2.05) is 20.8 Å². The van der Waals surface area contributed by atoms with Crippen molar-refractivity contribution in [1.82, 2.24) is 0 Å². The van der Waals surface area contributed by atoms with Gasteiger partial charge < -0.3 is 14.6 Å². The lowest BCUT2D eigenvalue weighted by atomic mass is 9.66. The zero-order valence-electron chi connectivity index (χ0n) is 17.8. The van der Waals surface area contributed by atoms with Crippen molar-refractivity contribution in [3.05, 3.63) is 52.2 Å². The first-order valence-corrected chi connectivity index (χ1v) is 10.5. The zero-order valence-corrected chi connectivity index (χ0v) is 17.8. The molecule has 3 unspecified atom stereocenters. The Kier molecular flexibility index (Phi) is 5.12. The van der Waals surface area contributed by atoms with Gasteiger partial charge in [0, 0.05) is 34.4 Å². The zero-order chi connectivity index (χ0) is 22.5. The number of carbonyl (C=O) groups is 2. The van der Waals surface area contributed by atoms with Crippen LogP contribution in [0.5, 0.6) is 5.75 Å². The number of phenolic OH excluding ortho intramolecular Hbond substituents is 1.